The van der Waals surface area contributed by atoms with Gasteiger partial charge in [-0.05, 0) is 36.4 Å². The monoisotopic (exact) mass is 491 g/mol. The lowest BCUT2D eigenvalue weighted by atomic mass is 10.2. The van der Waals surface area contributed by atoms with Gasteiger partial charge in [-0.1, -0.05) is 58.1 Å². The number of anilines is 1. The van der Waals surface area contributed by atoms with Crippen molar-refractivity contribution >= 4 is 67.9 Å². The molecule has 0 aliphatic carbocycles. The molecule has 0 radical (unpaired) electrons. The number of likely N-dealkylation sites (N-methyl/N-ethyl adjacent to an activating group) is 1. The molecule has 1 saturated heterocycles. The van der Waals surface area contributed by atoms with E-state index in [1.54, 1.807) is 18.0 Å². The molecule has 0 spiro atoms. The number of nitrogens with zero attached hydrogens (tertiary/aromatic N) is 1. The van der Waals surface area contributed by atoms with Gasteiger partial charge >= 0.3 is 6.03 Å². The van der Waals surface area contributed by atoms with Crippen LogP contribution in [0.5, 0.6) is 5.75 Å². The van der Waals surface area contributed by atoms with Crippen molar-refractivity contribution in [1.29, 1.82) is 0 Å². The van der Waals surface area contributed by atoms with Crippen molar-refractivity contribution in [3.05, 3.63) is 63.5 Å². The largest absolute Gasteiger partial charge is 0.491 e. The summed E-state index contributed by atoms with van der Waals surface area (Å²) < 4.78 is 7.17. The maximum absolute atomic E-state index is 12.2. The molecule has 3 amide bonds. The zero-order chi connectivity index (χ0) is 20.8. The summed E-state index contributed by atoms with van der Waals surface area (Å²) in [5, 5.41) is 5.42. The molecule has 0 atom stereocenters. The van der Waals surface area contributed by atoms with Gasteiger partial charge in [0.2, 0.25) is 0 Å². The van der Waals surface area contributed by atoms with Crippen molar-refractivity contribution in [3.63, 3.8) is 0 Å². The first-order chi connectivity index (χ1) is 13.9. The smallest absolute Gasteiger partial charge is 0.321 e. The van der Waals surface area contributed by atoms with Crippen molar-refractivity contribution in [3.8, 4) is 5.75 Å². The Labute approximate surface area is 186 Å². The van der Waals surface area contributed by atoms with E-state index in [0.29, 0.717) is 28.1 Å². The van der Waals surface area contributed by atoms with E-state index < -0.39 is 0 Å². The van der Waals surface area contributed by atoms with E-state index in [9.17, 15) is 9.59 Å². The van der Waals surface area contributed by atoms with Gasteiger partial charge in [-0.2, -0.15) is 0 Å². The molecule has 0 bridgehead atoms. The van der Waals surface area contributed by atoms with Crippen LogP contribution in [-0.4, -0.2) is 41.4 Å². The minimum absolute atomic E-state index is 0.217. The Morgan fingerprint density at radius 1 is 1.31 bits per heavy atom. The van der Waals surface area contributed by atoms with E-state index in [1.165, 1.54) is 11.8 Å². The molecule has 6 nitrogen and oxygen atoms in total. The number of urea groups is 1. The van der Waals surface area contributed by atoms with Crippen molar-refractivity contribution in [2.75, 3.05) is 25.5 Å². The molecule has 1 fully saturated rings. The molecular formula is C20H18BrN3O3S2. The van der Waals surface area contributed by atoms with Crippen molar-refractivity contribution in [2.45, 2.75) is 0 Å². The first kappa shape index (κ1) is 21.4. The van der Waals surface area contributed by atoms with Gasteiger partial charge in [0, 0.05) is 22.8 Å². The summed E-state index contributed by atoms with van der Waals surface area (Å²) in [4.78, 5) is 26.2. The van der Waals surface area contributed by atoms with Gasteiger partial charge in [0.25, 0.3) is 5.91 Å². The maximum atomic E-state index is 12.2. The minimum Gasteiger partial charge on any atom is -0.491 e. The number of hydrogen-bond donors (Lipinski definition) is 2. The van der Waals surface area contributed by atoms with E-state index in [4.69, 9.17) is 17.0 Å². The molecule has 2 N–H and O–H groups in total. The quantitative estimate of drug-likeness (QED) is 0.460. The highest BCUT2D eigenvalue weighted by Crippen LogP contribution is 2.31. The van der Waals surface area contributed by atoms with E-state index in [-0.39, 0.29) is 11.9 Å². The van der Waals surface area contributed by atoms with Crippen LogP contribution < -0.4 is 15.4 Å². The lowest BCUT2D eigenvalue weighted by molar-refractivity contribution is -0.115. The predicted octanol–water partition coefficient (Wildman–Crippen LogP) is 4.48. The molecule has 29 heavy (non-hydrogen) atoms. The Morgan fingerprint density at radius 2 is 2.07 bits per heavy atom. The Morgan fingerprint density at radius 3 is 2.76 bits per heavy atom. The standard InChI is InChI=1S/C20H18BrN3O3S2/c1-24(19(26)22-15-5-3-2-4-6-15)9-10-27-16-8-7-14(21)11-13(16)12-17-18(25)23-20(28)29-17/h2-8,11-12H,9-10H2,1H3,(H,22,26)(H,23,25,28). The highest BCUT2D eigenvalue weighted by atomic mass is 79.9. The molecule has 150 valence electrons. The molecule has 1 aliphatic heterocycles. The molecule has 2 aromatic rings. The number of thiocarbonyl (C=S) groups is 1. The number of carbonyl (C=O) groups is 2. The molecule has 0 aromatic heterocycles. The van der Waals surface area contributed by atoms with E-state index >= 15 is 0 Å². The number of ether oxygens (including phenoxy) is 1. The number of para-hydroxylation sites is 1. The summed E-state index contributed by atoms with van der Waals surface area (Å²) in [5.74, 6) is 0.395. The number of carbonyl (C=O) groups excluding carboxylic acids is 2. The number of benzene rings is 2. The molecule has 9 heteroatoms. The summed E-state index contributed by atoms with van der Waals surface area (Å²) in [7, 11) is 1.70. The van der Waals surface area contributed by atoms with Crippen LogP contribution in [0.25, 0.3) is 6.08 Å². The lowest BCUT2D eigenvalue weighted by Gasteiger charge is -2.19. The average molecular weight is 492 g/mol. The fourth-order valence-electron chi connectivity index (χ4n) is 2.46. The van der Waals surface area contributed by atoms with Crippen LogP contribution in [0, 0.1) is 0 Å². The van der Waals surface area contributed by atoms with E-state index in [2.05, 4.69) is 26.6 Å². The Kier molecular flexibility index (Phi) is 7.29. The second kappa shape index (κ2) is 9.91. The van der Waals surface area contributed by atoms with Crippen LogP contribution in [0.3, 0.4) is 0 Å². The minimum atomic E-state index is -0.219. The third kappa shape index (κ3) is 6.06. The van der Waals surface area contributed by atoms with Gasteiger partial charge in [0.1, 0.15) is 16.7 Å². The lowest BCUT2D eigenvalue weighted by Crippen LogP contribution is -2.34. The normalized spacial score (nSPS) is 14.6. The van der Waals surface area contributed by atoms with Crippen LogP contribution in [0.4, 0.5) is 10.5 Å². The molecule has 1 heterocycles. The second-order valence-corrected chi connectivity index (χ2v) is 8.74. The van der Waals surface area contributed by atoms with Crippen LogP contribution >= 0.6 is 39.9 Å². The first-order valence-corrected chi connectivity index (χ1v) is 10.7. The van der Waals surface area contributed by atoms with Gasteiger partial charge in [-0.25, -0.2) is 4.79 Å². The van der Waals surface area contributed by atoms with Gasteiger partial charge in [-0.3, -0.25) is 4.79 Å². The third-order valence-electron chi connectivity index (χ3n) is 3.96. The first-order valence-electron chi connectivity index (χ1n) is 8.67. The van der Waals surface area contributed by atoms with Gasteiger partial charge < -0.3 is 20.3 Å². The average Bonchev–Trinajstić information content (AvgIpc) is 3.01. The van der Waals surface area contributed by atoms with Gasteiger partial charge in [0.15, 0.2) is 0 Å². The van der Waals surface area contributed by atoms with Crippen molar-refractivity contribution in [1.82, 2.24) is 10.2 Å². The van der Waals surface area contributed by atoms with Crippen LogP contribution in [0.15, 0.2) is 57.9 Å². The van der Waals surface area contributed by atoms with Crippen LogP contribution in [0.1, 0.15) is 5.56 Å². The number of halogens is 1. The Balaban J connectivity index is 1.60. The summed E-state index contributed by atoms with van der Waals surface area (Å²) in [6.07, 6.45) is 1.74. The summed E-state index contributed by atoms with van der Waals surface area (Å²) in [6, 6.07) is 14.6. The summed E-state index contributed by atoms with van der Waals surface area (Å²) >= 11 is 9.68. The highest BCUT2D eigenvalue weighted by Gasteiger charge is 2.22. The highest BCUT2D eigenvalue weighted by molar-refractivity contribution is 9.10. The number of thioether (sulfide) groups is 1. The number of rotatable bonds is 6. The second-order valence-electron chi connectivity index (χ2n) is 6.10. The fourth-order valence-corrected chi connectivity index (χ4v) is 3.87. The number of hydrogen-bond acceptors (Lipinski definition) is 5. The SMILES string of the molecule is CN(CCOc1ccc(Br)cc1C=C1SC(=S)NC1=O)C(=O)Nc1ccccc1. The molecule has 0 unspecified atom stereocenters. The van der Waals surface area contributed by atoms with Crippen molar-refractivity contribution < 1.29 is 14.3 Å². The zero-order valence-corrected chi connectivity index (χ0v) is 18.7. The number of nitrogens with one attached hydrogen (secondary N) is 2. The Hall–Kier alpha value is -2.36. The molecule has 1 aliphatic rings. The summed E-state index contributed by atoms with van der Waals surface area (Å²) in [5.41, 5.74) is 1.48. The maximum Gasteiger partial charge on any atom is 0.321 e. The van der Waals surface area contributed by atoms with E-state index in [0.717, 1.165) is 15.7 Å². The topological polar surface area (TPSA) is 70.7 Å². The van der Waals surface area contributed by atoms with Crippen molar-refractivity contribution in [2.24, 2.45) is 0 Å². The third-order valence-corrected chi connectivity index (χ3v) is 5.61. The summed E-state index contributed by atoms with van der Waals surface area (Å²) in [6.45, 7) is 0.693. The van der Waals surface area contributed by atoms with Gasteiger partial charge in [0.05, 0.1) is 11.4 Å². The number of amides is 3. The molecular weight excluding hydrogens is 474 g/mol. The van der Waals surface area contributed by atoms with Gasteiger partial charge in [-0.15, -0.1) is 0 Å². The predicted molar refractivity (Wildman–Crippen MR) is 124 cm³/mol. The molecule has 0 saturated carbocycles. The molecule has 3 rings (SSSR count). The Bertz CT molecular complexity index is 967. The molecule has 2 aromatic carbocycles. The fraction of sp³-hybridized carbons (Fsp3) is 0.150. The van der Waals surface area contributed by atoms with Crippen LogP contribution in [-0.2, 0) is 4.79 Å². The van der Waals surface area contributed by atoms with E-state index in [1.807, 2.05) is 48.5 Å². The zero-order valence-electron chi connectivity index (χ0n) is 15.5. The van der Waals surface area contributed by atoms with Crippen LogP contribution in [0.2, 0.25) is 0 Å².